The molecule has 0 radical (unpaired) electrons. The van der Waals surface area contributed by atoms with E-state index in [-0.39, 0.29) is 24.1 Å². The molecule has 6 nitrogen and oxygen atoms in total. The number of rotatable bonds is 8. The lowest BCUT2D eigenvalue weighted by molar-refractivity contribution is 0.146. The highest BCUT2D eigenvalue weighted by atomic mass is 35.5. The smallest absolute Gasteiger partial charge is 0.318 e. The van der Waals surface area contributed by atoms with Crippen LogP contribution in [0.5, 0.6) is 0 Å². The first-order valence-corrected chi connectivity index (χ1v) is 9.40. The SMILES string of the molecule is COCCN(Cc1ccc(F)cc1Cl)C(=O)NCc1ncc(-c2ccccc2)o1. The van der Waals surface area contributed by atoms with E-state index in [1.807, 2.05) is 30.3 Å². The largest absolute Gasteiger partial charge is 0.439 e. The van der Waals surface area contributed by atoms with Gasteiger partial charge in [-0.25, -0.2) is 14.2 Å². The zero-order valence-electron chi connectivity index (χ0n) is 15.9. The highest BCUT2D eigenvalue weighted by molar-refractivity contribution is 6.31. The third-order valence-corrected chi connectivity index (χ3v) is 4.58. The van der Waals surface area contributed by atoms with Crippen LogP contribution >= 0.6 is 11.6 Å². The maximum absolute atomic E-state index is 13.3. The van der Waals surface area contributed by atoms with Crippen molar-refractivity contribution < 1.29 is 18.3 Å². The van der Waals surface area contributed by atoms with Crippen LogP contribution in [0.15, 0.2) is 59.1 Å². The minimum absolute atomic E-state index is 0.131. The minimum Gasteiger partial charge on any atom is -0.439 e. The Balaban J connectivity index is 1.63. The maximum Gasteiger partial charge on any atom is 0.318 e. The average molecular weight is 418 g/mol. The number of hydrogen-bond acceptors (Lipinski definition) is 4. The predicted molar refractivity (Wildman–Crippen MR) is 108 cm³/mol. The minimum atomic E-state index is -0.426. The second-order valence-electron chi connectivity index (χ2n) is 6.29. The van der Waals surface area contributed by atoms with Crippen LogP contribution < -0.4 is 5.32 Å². The van der Waals surface area contributed by atoms with Crippen LogP contribution in [0, 0.1) is 5.82 Å². The number of carbonyl (C=O) groups excluding carboxylic acids is 1. The van der Waals surface area contributed by atoms with Crippen molar-refractivity contribution in [2.24, 2.45) is 0 Å². The lowest BCUT2D eigenvalue weighted by Gasteiger charge is -2.23. The van der Waals surface area contributed by atoms with Gasteiger partial charge in [-0.2, -0.15) is 0 Å². The Kier molecular flexibility index (Phi) is 7.21. The second-order valence-corrected chi connectivity index (χ2v) is 6.70. The lowest BCUT2D eigenvalue weighted by atomic mass is 10.2. The van der Waals surface area contributed by atoms with Gasteiger partial charge in [-0.1, -0.05) is 48.0 Å². The number of ether oxygens (including phenoxy) is 1. The standard InChI is InChI=1S/C21H21ClFN3O3/c1-28-10-9-26(14-16-7-8-17(23)11-18(16)22)21(27)25-13-20-24-12-19(29-20)15-5-3-2-4-6-15/h2-8,11-12H,9-10,13-14H2,1H3,(H,25,27). The molecule has 0 unspecified atom stereocenters. The van der Waals surface area contributed by atoms with Crippen LogP contribution in [0.2, 0.25) is 5.02 Å². The Bertz CT molecular complexity index is 949. The van der Waals surface area contributed by atoms with Crippen LogP contribution in [0.3, 0.4) is 0 Å². The fourth-order valence-corrected chi connectivity index (χ4v) is 2.93. The Morgan fingerprint density at radius 2 is 2.07 bits per heavy atom. The van der Waals surface area contributed by atoms with Crippen molar-refractivity contribution in [3.8, 4) is 11.3 Å². The number of nitrogens with one attached hydrogen (secondary N) is 1. The van der Waals surface area contributed by atoms with E-state index in [4.69, 9.17) is 20.8 Å². The highest BCUT2D eigenvalue weighted by Gasteiger charge is 2.16. The molecule has 152 valence electrons. The second kappa shape index (κ2) is 10.0. The molecule has 0 bridgehead atoms. The van der Waals surface area contributed by atoms with Gasteiger partial charge in [0, 0.05) is 30.8 Å². The number of aromatic nitrogens is 1. The molecule has 0 aliphatic rings. The first-order valence-electron chi connectivity index (χ1n) is 9.02. The third-order valence-electron chi connectivity index (χ3n) is 4.23. The van der Waals surface area contributed by atoms with Gasteiger partial charge < -0.3 is 19.4 Å². The molecule has 0 aliphatic carbocycles. The summed E-state index contributed by atoms with van der Waals surface area (Å²) < 4.78 is 24.0. The van der Waals surface area contributed by atoms with Gasteiger partial charge in [0.2, 0.25) is 5.89 Å². The van der Waals surface area contributed by atoms with Gasteiger partial charge in [0.05, 0.1) is 19.3 Å². The summed E-state index contributed by atoms with van der Waals surface area (Å²) in [5.74, 6) is 0.595. The summed E-state index contributed by atoms with van der Waals surface area (Å²) in [5, 5.41) is 3.05. The molecule has 1 aromatic heterocycles. The van der Waals surface area contributed by atoms with Gasteiger partial charge in [-0.15, -0.1) is 0 Å². The van der Waals surface area contributed by atoms with E-state index in [9.17, 15) is 9.18 Å². The van der Waals surface area contributed by atoms with Gasteiger partial charge in [-0.05, 0) is 17.7 Å². The number of methoxy groups -OCH3 is 1. The van der Waals surface area contributed by atoms with E-state index in [0.717, 1.165) is 5.56 Å². The molecule has 0 saturated heterocycles. The summed E-state index contributed by atoms with van der Waals surface area (Å²) in [6, 6.07) is 13.3. The topological polar surface area (TPSA) is 67.6 Å². The summed E-state index contributed by atoms with van der Waals surface area (Å²) in [5.41, 5.74) is 1.55. The molecule has 2 aromatic carbocycles. The van der Waals surface area contributed by atoms with Gasteiger partial charge in [0.25, 0.3) is 0 Å². The van der Waals surface area contributed by atoms with Crippen LogP contribution in [0.1, 0.15) is 11.5 Å². The monoisotopic (exact) mass is 417 g/mol. The number of halogens is 2. The van der Waals surface area contributed by atoms with E-state index in [2.05, 4.69) is 10.3 Å². The predicted octanol–water partition coefficient (Wildman–Crippen LogP) is 4.49. The van der Waals surface area contributed by atoms with Crippen molar-refractivity contribution in [3.63, 3.8) is 0 Å². The number of nitrogens with zero attached hydrogens (tertiary/aromatic N) is 2. The van der Waals surface area contributed by atoms with Gasteiger partial charge >= 0.3 is 6.03 Å². The van der Waals surface area contributed by atoms with Gasteiger partial charge in [0.1, 0.15) is 5.82 Å². The molecule has 0 spiro atoms. The summed E-state index contributed by atoms with van der Waals surface area (Å²) in [6.07, 6.45) is 1.62. The molecule has 0 saturated carbocycles. The molecule has 1 heterocycles. The summed E-state index contributed by atoms with van der Waals surface area (Å²) in [4.78, 5) is 18.4. The van der Waals surface area contributed by atoms with E-state index in [1.54, 1.807) is 19.4 Å². The maximum atomic E-state index is 13.3. The summed E-state index contributed by atoms with van der Waals surface area (Å²) in [6.45, 7) is 1.04. The fourth-order valence-electron chi connectivity index (χ4n) is 2.70. The van der Waals surface area contributed by atoms with E-state index in [1.165, 1.54) is 17.0 Å². The molecule has 0 fully saturated rings. The normalized spacial score (nSPS) is 10.7. The number of carbonyl (C=O) groups is 1. The zero-order valence-corrected chi connectivity index (χ0v) is 16.7. The van der Waals surface area contributed by atoms with E-state index in [0.29, 0.717) is 30.4 Å². The first-order chi connectivity index (χ1) is 14.1. The molecule has 8 heteroatoms. The Hall–Kier alpha value is -2.90. The van der Waals surface area contributed by atoms with Crippen LogP contribution in [0.4, 0.5) is 9.18 Å². The highest BCUT2D eigenvalue weighted by Crippen LogP contribution is 2.20. The molecular weight excluding hydrogens is 397 g/mol. The number of hydrogen-bond donors (Lipinski definition) is 1. The number of benzene rings is 2. The molecular formula is C21H21ClFN3O3. The van der Waals surface area contributed by atoms with Crippen molar-refractivity contribution in [3.05, 3.63) is 77.0 Å². The molecule has 0 atom stereocenters. The van der Waals surface area contributed by atoms with E-state index < -0.39 is 5.82 Å². The Morgan fingerprint density at radius 3 is 2.79 bits per heavy atom. The molecule has 1 N–H and O–H groups in total. The first kappa shape index (κ1) is 20.8. The Labute approximate surface area is 173 Å². The van der Waals surface area contributed by atoms with Crippen molar-refractivity contribution >= 4 is 17.6 Å². The Morgan fingerprint density at radius 1 is 1.28 bits per heavy atom. The van der Waals surface area contributed by atoms with E-state index >= 15 is 0 Å². The van der Waals surface area contributed by atoms with Crippen LogP contribution in [0.25, 0.3) is 11.3 Å². The summed E-state index contributed by atoms with van der Waals surface area (Å²) in [7, 11) is 1.55. The van der Waals surface area contributed by atoms with Gasteiger partial charge in [-0.3, -0.25) is 0 Å². The number of urea groups is 1. The summed E-state index contributed by atoms with van der Waals surface area (Å²) >= 11 is 6.09. The van der Waals surface area contributed by atoms with Gasteiger partial charge in [0.15, 0.2) is 5.76 Å². The molecule has 0 aliphatic heterocycles. The van der Waals surface area contributed by atoms with Crippen LogP contribution in [-0.4, -0.2) is 36.2 Å². The van der Waals surface area contributed by atoms with Crippen LogP contribution in [-0.2, 0) is 17.8 Å². The molecule has 3 rings (SSSR count). The van der Waals surface area contributed by atoms with Crippen molar-refractivity contribution in [1.29, 1.82) is 0 Å². The third kappa shape index (κ3) is 5.79. The lowest BCUT2D eigenvalue weighted by Crippen LogP contribution is -2.41. The molecule has 3 aromatic rings. The van der Waals surface area contributed by atoms with Crippen molar-refractivity contribution in [2.75, 3.05) is 20.3 Å². The molecule has 29 heavy (non-hydrogen) atoms. The average Bonchev–Trinajstić information content (AvgIpc) is 3.20. The zero-order chi connectivity index (χ0) is 20.6. The van der Waals surface area contributed by atoms with Crippen molar-refractivity contribution in [2.45, 2.75) is 13.1 Å². The number of oxazole rings is 1. The quantitative estimate of drug-likeness (QED) is 0.586. The molecule has 2 amide bonds. The number of amides is 2. The van der Waals surface area contributed by atoms with Crippen molar-refractivity contribution in [1.82, 2.24) is 15.2 Å². The fraction of sp³-hybridized carbons (Fsp3) is 0.238.